The zero-order chi connectivity index (χ0) is 13.1. The Morgan fingerprint density at radius 3 is 2.61 bits per heavy atom. The molecule has 0 amide bonds. The summed E-state index contributed by atoms with van der Waals surface area (Å²) in [6, 6.07) is 6.62. The number of hydrazine groups is 1. The van der Waals surface area contributed by atoms with Gasteiger partial charge in [0.1, 0.15) is 5.82 Å². The van der Waals surface area contributed by atoms with Crippen molar-refractivity contribution < 1.29 is 4.39 Å². The van der Waals surface area contributed by atoms with Crippen molar-refractivity contribution in [2.75, 3.05) is 0 Å². The molecule has 18 heavy (non-hydrogen) atoms. The van der Waals surface area contributed by atoms with E-state index in [1.165, 1.54) is 6.07 Å². The van der Waals surface area contributed by atoms with E-state index in [1.54, 1.807) is 17.4 Å². The Hall–Kier alpha value is -0.270. The first-order valence-electron chi connectivity index (χ1n) is 5.25. The van der Waals surface area contributed by atoms with E-state index in [-0.39, 0.29) is 11.9 Å². The highest BCUT2D eigenvalue weighted by atomic mass is 79.9. The lowest BCUT2D eigenvalue weighted by atomic mass is 10.0. The molecule has 2 aromatic rings. The first-order chi connectivity index (χ1) is 8.63. The third-order valence-corrected chi connectivity index (χ3v) is 5.27. The van der Waals surface area contributed by atoms with E-state index in [1.807, 2.05) is 17.5 Å². The fourth-order valence-electron chi connectivity index (χ4n) is 1.74. The predicted octanol–water partition coefficient (Wildman–Crippen LogP) is 4.16. The highest BCUT2D eigenvalue weighted by Crippen LogP contribution is 2.32. The van der Waals surface area contributed by atoms with Crippen LogP contribution in [0.1, 0.15) is 16.5 Å². The van der Waals surface area contributed by atoms with E-state index in [0.717, 1.165) is 13.8 Å². The fraction of sp³-hybridized carbons (Fsp3) is 0.167. The van der Waals surface area contributed by atoms with Gasteiger partial charge in [-0.2, -0.15) is 0 Å². The summed E-state index contributed by atoms with van der Waals surface area (Å²) < 4.78 is 15.6. The van der Waals surface area contributed by atoms with Crippen LogP contribution in [0.4, 0.5) is 4.39 Å². The van der Waals surface area contributed by atoms with Crippen LogP contribution in [0.15, 0.2) is 38.6 Å². The topological polar surface area (TPSA) is 38.0 Å². The molecule has 1 heterocycles. The molecule has 0 aliphatic heterocycles. The molecule has 2 nitrogen and oxygen atoms in total. The first-order valence-corrected chi connectivity index (χ1v) is 7.72. The number of halogens is 3. The van der Waals surface area contributed by atoms with Crippen molar-refractivity contribution in [2.24, 2.45) is 5.84 Å². The van der Waals surface area contributed by atoms with Gasteiger partial charge in [0.2, 0.25) is 0 Å². The average Bonchev–Trinajstić information content (AvgIpc) is 2.73. The van der Waals surface area contributed by atoms with Crippen LogP contribution in [-0.2, 0) is 6.42 Å². The van der Waals surface area contributed by atoms with Crippen LogP contribution in [0.3, 0.4) is 0 Å². The van der Waals surface area contributed by atoms with E-state index in [9.17, 15) is 4.39 Å². The number of nitrogens with two attached hydrogens (primary N) is 1. The third kappa shape index (κ3) is 3.00. The lowest BCUT2D eigenvalue weighted by Gasteiger charge is -2.18. The molecule has 2 rings (SSSR count). The minimum absolute atomic E-state index is 0.264. The Morgan fingerprint density at radius 2 is 2.06 bits per heavy atom. The summed E-state index contributed by atoms with van der Waals surface area (Å²) in [5.41, 5.74) is 3.24. The lowest BCUT2D eigenvalue weighted by Crippen LogP contribution is -2.30. The maximum atomic E-state index is 13.9. The Labute approximate surface area is 126 Å². The van der Waals surface area contributed by atoms with E-state index in [4.69, 9.17) is 5.84 Å². The monoisotopic (exact) mass is 392 g/mol. The van der Waals surface area contributed by atoms with Crippen molar-refractivity contribution in [1.82, 2.24) is 5.43 Å². The van der Waals surface area contributed by atoms with Gasteiger partial charge in [-0.25, -0.2) is 4.39 Å². The van der Waals surface area contributed by atoms with Gasteiger partial charge >= 0.3 is 0 Å². The number of hydrogen-bond acceptors (Lipinski definition) is 3. The van der Waals surface area contributed by atoms with Gasteiger partial charge in [0.25, 0.3) is 0 Å². The molecule has 6 heteroatoms. The molecule has 0 saturated carbocycles. The van der Waals surface area contributed by atoms with Gasteiger partial charge < -0.3 is 0 Å². The minimum Gasteiger partial charge on any atom is -0.271 e. The molecule has 1 aromatic heterocycles. The molecule has 3 N–H and O–H groups in total. The quantitative estimate of drug-likeness (QED) is 0.604. The van der Waals surface area contributed by atoms with Gasteiger partial charge in [-0.05, 0) is 39.5 Å². The van der Waals surface area contributed by atoms with Crippen molar-refractivity contribution >= 4 is 43.2 Å². The molecule has 0 spiro atoms. The third-order valence-electron chi connectivity index (χ3n) is 2.63. The van der Waals surface area contributed by atoms with Gasteiger partial charge in [-0.15, -0.1) is 11.3 Å². The number of benzene rings is 1. The second kappa shape index (κ2) is 6.25. The molecule has 0 fully saturated rings. The van der Waals surface area contributed by atoms with E-state index in [0.29, 0.717) is 12.0 Å². The maximum absolute atomic E-state index is 13.9. The molecule has 0 aliphatic rings. The molecule has 0 saturated heterocycles. The van der Waals surface area contributed by atoms with Gasteiger partial charge in [-0.3, -0.25) is 11.3 Å². The van der Waals surface area contributed by atoms with Crippen LogP contribution < -0.4 is 11.3 Å². The summed E-state index contributed by atoms with van der Waals surface area (Å²) >= 11 is 8.46. The summed E-state index contributed by atoms with van der Waals surface area (Å²) in [5, 5.41) is 1.99. The molecule has 0 aliphatic carbocycles. The highest BCUT2D eigenvalue weighted by Gasteiger charge is 2.19. The van der Waals surface area contributed by atoms with Crippen LogP contribution in [0.5, 0.6) is 0 Å². The Balaban J connectivity index is 2.32. The van der Waals surface area contributed by atoms with Gasteiger partial charge in [0.05, 0.1) is 6.04 Å². The summed E-state index contributed by atoms with van der Waals surface area (Å²) in [6.07, 6.45) is 0.633. The summed E-state index contributed by atoms with van der Waals surface area (Å²) in [6.45, 7) is 0. The highest BCUT2D eigenvalue weighted by molar-refractivity contribution is 9.10. The molecule has 0 bridgehead atoms. The molecule has 0 radical (unpaired) electrons. The van der Waals surface area contributed by atoms with Crippen LogP contribution in [0.25, 0.3) is 0 Å². The largest absolute Gasteiger partial charge is 0.271 e. The summed E-state index contributed by atoms with van der Waals surface area (Å²) in [5.74, 6) is 5.30. The SMILES string of the molecule is NNC(Cc1sccc1Br)c1c(F)cccc1Br. The van der Waals surface area contributed by atoms with Crippen LogP contribution in [-0.4, -0.2) is 0 Å². The first kappa shape index (κ1) is 14.1. The van der Waals surface area contributed by atoms with Gasteiger partial charge in [-0.1, -0.05) is 22.0 Å². The second-order valence-electron chi connectivity index (χ2n) is 3.75. The Kier molecular flexibility index (Phi) is 4.91. The summed E-state index contributed by atoms with van der Waals surface area (Å²) in [7, 11) is 0. The number of rotatable bonds is 4. The smallest absolute Gasteiger partial charge is 0.129 e. The maximum Gasteiger partial charge on any atom is 0.129 e. The summed E-state index contributed by atoms with van der Waals surface area (Å²) in [4.78, 5) is 1.13. The van der Waals surface area contributed by atoms with E-state index in [2.05, 4.69) is 37.3 Å². The van der Waals surface area contributed by atoms with E-state index >= 15 is 0 Å². The predicted molar refractivity (Wildman–Crippen MR) is 79.9 cm³/mol. The Bertz CT molecular complexity index is 524. The van der Waals surface area contributed by atoms with Crippen LogP contribution in [0, 0.1) is 5.82 Å². The molecule has 1 unspecified atom stereocenters. The zero-order valence-corrected chi connectivity index (χ0v) is 13.3. The molecular formula is C12H11Br2FN2S. The van der Waals surface area contributed by atoms with Crippen molar-refractivity contribution in [1.29, 1.82) is 0 Å². The van der Waals surface area contributed by atoms with E-state index < -0.39 is 0 Å². The van der Waals surface area contributed by atoms with Gasteiger partial charge in [0, 0.05) is 25.8 Å². The zero-order valence-electron chi connectivity index (χ0n) is 9.29. The number of hydrogen-bond donors (Lipinski definition) is 2. The fourth-order valence-corrected chi connectivity index (χ4v) is 3.92. The van der Waals surface area contributed by atoms with Crippen molar-refractivity contribution in [2.45, 2.75) is 12.5 Å². The minimum atomic E-state index is -0.268. The number of thiophene rings is 1. The Morgan fingerprint density at radius 1 is 1.28 bits per heavy atom. The van der Waals surface area contributed by atoms with Crippen LogP contribution >= 0.6 is 43.2 Å². The number of nitrogens with one attached hydrogen (secondary N) is 1. The lowest BCUT2D eigenvalue weighted by molar-refractivity contribution is 0.510. The van der Waals surface area contributed by atoms with Crippen molar-refractivity contribution in [3.63, 3.8) is 0 Å². The second-order valence-corrected chi connectivity index (χ2v) is 6.46. The van der Waals surface area contributed by atoms with Gasteiger partial charge in [0.15, 0.2) is 0 Å². The molecule has 1 atom stereocenters. The molecular weight excluding hydrogens is 383 g/mol. The molecule has 1 aromatic carbocycles. The van der Waals surface area contributed by atoms with Crippen molar-refractivity contribution in [3.8, 4) is 0 Å². The standard InChI is InChI=1S/C12H11Br2FN2S/c13-7-4-5-18-11(7)6-10(17-16)12-8(14)2-1-3-9(12)15/h1-5,10,17H,6,16H2. The normalized spacial score (nSPS) is 12.7. The van der Waals surface area contributed by atoms with Crippen molar-refractivity contribution in [3.05, 3.63) is 54.8 Å². The average molecular weight is 394 g/mol. The molecule has 96 valence electrons. The van der Waals surface area contributed by atoms with Crippen LogP contribution in [0.2, 0.25) is 0 Å².